The highest BCUT2D eigenvalue weighted by Crippen LogP contribution is 2.22. The fourth-order valence-corrected chi connectivity index (χ4v) is 1.66. The molecule has 120 valence electrons. The Morgan fingerprint density at radius 1 is 1.09 bits per heavy atom. The Morgan fingerprint density at radius 2 is 1.70 bits per heavy atom. The highest BCUT2D eigenvalue weighted by Gasteiger charge is 2.30. The van der Waals surface area contributed by atoms with Crippen LogP contribution in [0.1, 0.15) is 22.8 Å². The summed E-state index contributed by atoms with van der Waals surface area (Å²) in [4.78, 5) is 15.6. The van der Waals surface area contributed by atoms with Gasteiger partial charge in [-0.15, -0.1) is 13.2 Å². The summed E-state index contributed by atoms with van der Waals surface area (Å²) >= 11 is 0. The first-order chi connectivity index (χ1) is 10.8. The highest BCUT2D eigenvalue weighted by atomic mass is 19.4. The number of benzene rings is 1. The zero-order valence-electron chi connectivity index (χ0n) is 12.0. The van der Waals surface area contributed by atoms with E-state index in [1.807, 2.05) is 0 Å². The number of ether oxygens (including phenoxy) is 1. The first kappa shape index (κ1) is 16.5. The molecule has 2 rings (SSSR count). The maximum Gasteiger partial charge on any atom is 0.573 e. The van der Waals surface area contributed by atoms with Crippen LogP contribution in [0.3, 0.4) is 0 Å². The van der Waals surface area contributed by atoms with Crippen molar-refractivity contribution in [1.29, 1.82) is 0 Å². The fourth-order valence-electron chi connectivity index (χ4n) is 1.66. The first-order valence-electron chi connectivity index (χ1n) is 6.46. The maximum absolute atomic E-state index is 12.1. The van der Waals surface area contributed by atoms with Gasteiger partial charge in [-0.2, -0.15) is 5.10 Å². The van der Waals surface area contributed by atoms with Crippen LogP contribution >= 0.6 is 0 Å². The lowest BCUT2D eigenvalue weighted by molar-refractivity contribution is -0.274. The third kappa shape index (κ3) is 5.10. The van der Waals surface area contributed by atoms with Gasteiger partial charge in [0.15, 0.2) is 0 Å². The van der Waals surface area contributed by atoms with Crippen molar-refractivity contribution in [2.45, 2.75) is 13.3 Å². The molecule has 0 atom stereocenters. The van der Waals surface area contributed by atoms with Crippen molar-refractivity contribution in [3.8, 4) is 5.75 Å². The van der Waals surface area contributed by atoms with Crippen molar-refractivity contribution >= 4 is 11.6 Å². The van der Waals surface area contributed by atoms with E-state index in [0.29, 0.717) is 16.8 Å². The summed E-state index contributed by atoms with van der Waals surface area (Å²) in [6, 6.07) is 8.24. The molecule has 5 nitrogen and oxygen atoms in total. The fraction of sp³-hybridized carbons (Fsp3) is 0.133. The molecule has 0 bridgehead atoms. The van der Waals surface area contributed by atoms with E-state index in [1.165, 1.54) is 48.8 Å². The number of rotatable bonds is 4. The standard InChI is InChI=1S/C15H12F3N3O2/c1-10(20-21-14(22)12-6-8-19-9-7-12)11-2-4-13(5-3-11)23-15(16,17)18/h2-9H,1H3,(H,21,22)/b20-10+. The van der Waals surface area contributed by atoms with Crippen LogP contribution in [0.25, 0.3) is 0 Å². The lowest BCUT2D eigenvalue weighted by Crippen LogP contribution is -2.19. The van der Waals surface area contributed by atoms with Gasteiger partial charge in [-0.25, -0.2) is 5.43 Å². The predicted octanol–water partition coefficient (Wildman–Crippen LogP) is 3.13. The summed E-state index contributed by atoms with van der Waals surface area (Å²) < 4.78 is 40.0. The Morgan fingerprint density at radius 3 is 2.26 bits per heavy atom. The topological polar surface area (TPSA) is 63.6 Å². The Balaban J connectivity index is 2.02. The lowest BCUT2D eigenvalue weighted by Gasteiger charge is -2.09. The van der Waals surface area contributed by atoms with Gasteiger partial charge < -0.3 is 4.74 Å². The number of nitrogens with one attached hydrogen (secondary N) is 1. The quantitative estimate of drug-likeness (QED) is 0.694. The van der Waals surface area contributed by atoms with Gasteiger partial charge in [0.25, 0.3) is 5.91 Å². The zero-order valence-corrected chi connectivity index (χ0v) is 12.0. The molecule has 0 fully saturated rings. The molecule has 0 spiro atoms. The smallest absolute Gasteiger partial charge is 0.406 e. The van der Waals surface area contributed by atoms with E-state index in [1.54, 1.807) is 6.92 Å². The summed E-state index contributed by atoms with van der Waals surface area (Å²) in [6.07, 6.45) is -1.78. The SMILES string of the molecule is C/C(=N\NC(=O)c1ccncc1)c1ccc(OC(F)(F)F)cc1. The van der Waals surface area contributed by atoms with Gasteiger partial charge in [-0.05, 0) is 48.9 Å². The summed E-state index contributed by atoms with van der Waals surface area (Å²) in [7, 11) is 0. The van der Waals surface area contributed by atoms with Crippen LogP contribution in [0.2, 0.25) is 0 Å². The lowest BCUT2D eigenvalue weighted by atomic mass is 10.1. The van der Waals surface area contributed by atoms with Crippen LogP contribution in [-0.4, -0.2) is 23.0 Å². The summed E-state index contributed by atoms with van der Waals surface area (Å²) in [5.41, 5.74) is 3.74. The van der Waals surface area contributed by atoms with E-state index in [0.717, 1.165) is 0 Å². The summed E-state index contributed by atoms with van der Waals surface area (Å²) in [6.45, 7) is 1.62. The van der Waals surface area contributed by atoms with E-state index in [4.69, 9.17) is 0 Å². The van der Waals surface area contributed by atoms with Crippen molar-refractivity contribution < 1.29 is 22.7 Å². The molecule has 23 heavy (non-hydrogen) atoms. The van der Waals surface area contributed by atoms with Crippen LogP contribution in [0.4, 0.5) is 13.2 Å². The molecule has 1 heterocycles. The zero-order chi connectivity index (χ0) is 16.9. The molecule has 0 aliphatic heterocycles. The molecule has 0 saturated carbocycles. The third-order valence-electron chi connectivity index (χ3n) is 2.77. The number of halogens is 3. The maximum atomic E-state index is 12.1. The second-order valence-corrected chi connectivity index (χ2v) is 4.45. The minimum atomic E-state index is -4.73. The van der Waals surface area contributed by atoms with Crippen LogP contribution < -0.4 is 10.2 Å². The molecule has 0 aliphatic rings. The van der Waals surface area contributed by atoms with Gasteiger partial charge in [0.05, 0.1) is 5.71 Å². The van der Waals surface area contributed by atoms with Crippen molar-refractivity contribution in [2.24, 2.45) is 5.10 Å². The van der Waals surface area contributed by atoms with Gasteiger partial charge in [0.1, 0.15) is 5.75 Å². The number of pyridine rings is 1. The minimum Gasteiger partial charge on any atom is -0.406 e. The molecule has 1 aromatic carbocycles. The van der Waals surface area contributed by atoms with E-state index in [9.17, 15) is 18.0 Å². The molecule has 0 unspecified atom stereocenters. The molecule has 8 heteroatoms. The number of carbonyl (C=O) groups is 1. The van der Waals surface area contributed by atoms with Crippen molar-refractivity contribution in [3.05, 3.63) is 59.9 Å². The molecule has 0 radical (unpaired) electrons. The molecular weight excluding hydrogens is 311 g/mol. The van der Waals surface area contributed by atoms with Crippen LogP contribution in [-0.2, 0) is 0 Å². The Hall–Kier alpha value is -2.90. The van der Waals surface area contributed by atoms with E-state index in [-0.39, 0.29) is 5.75 Å². The molecular formula is C15H12F3N3O2. The van der Waals surface area contributed by atoms with Crippen LogP contribution in [0, 0.1) is 0 Å². The number of hydrogen-bond acceptors (Lipinski definition) is 4. The van der Waals surface area contributed by atoms with E-state index >= 15 is 0 Å². The van der Waals surface area contributed by atoms with Gasteiger partial charge in [0, 0.05) is 18.0 Å². The number of hydrogen-bond donors (Lipinski definition) is 1. The Kier molecular flexibility index (Phi) is 4.95. The molecule has 1 aromatic heterocycles. The van der Waals surface area contributed by atoms with E-state index < -0.39 is 12.3 Å². The van der Waals surface area contributed by atoms with Gasteiger partial charge in [-0.3, -0.25) is 9.78 Å². The van der Waals surface area contributed by atoms with Gasteiger partial charge in [0.2, 0.25) is 0 Å². The molecule has 1 amide bonds. The molecule has 0 aliphatic carbocycles. The minimum absolute atomic E-state index is 0.324. The molecule has 2 aromatic rings. The number of carbonyl (C=O) groups excluding carboxylic acids is 1. The number of alkyl halides is 3. The summed E-state index contributed by atoms with van der Waals surface area (Å²) in [5.74, 6) is -0.737. The van der Waals surface area contributed by atoms with Crippen molar-refractivity contribution in [3.63, 3.8) is 0 Å². The summed E-state index contributed by atoms with van der Waals surface area (Å²) in [5, 5.41) is 3.91. The van der Waals surface area contributed by atoms with Crippen molar-refractivity contribution in [1.82, 2.24) is 10.4 Å². The average Bonchev–Trinajstić information content (AvgIpc) is 2.52. The van der Waals surface area contributed by atoms with E-state index in [2.05, 4.69) is 20.2 Å². The molecule has 0 saturated heterocycles. The van der Waals surface area contributed by atoms with Crippen molar-refractivity contribution in [2.75, 3.05) is 0 Å². The Bertz CT molecular complexity index is 698. The normalized spacial score (nSPS) is 11.9. The number of hydrazone groups is 1. The second-order valence-electron chi connectivity index (χ2n) is 4.45. The number of aromatic nitrogens is 1. The Labute approximate surface area is 129 Å². The highest BCUT2D eigenvalue weighted by molar-refractivity contribution is 6.00. The van der Waals surface area contributed by atoms with Gasteiger partial charge in [-0.1, -0.05) is 0 Å². The first-order valence-corrected chi connectivity index (χ1v) is 6.46. The third-order valence-corrected chi connectivity index (χ3v) is 2.77. The second kappa shape index (κ2) is 6.91. The van der Waals surface area contributed by atoms with Gasteiger partial charge >= 0.3 is 6.36 Å². The number of nitrogens with zero attached hydrogens (tertiary/aromatic N) is 2. The largest absolute Gasteiger partial charge is 0.573 e. The average molecular weight is 323 g/mol. The number of amides is 1. The van der Waals surface area contributed by atoms with Crippen LogP contribution in [0.5, 0.6) is 5.75 Å². The van der Waals surface area contributed by atoms with Crippen LogP contribution in [0.15, 0.2) is 53.9 Å². The predicted molar refractivity (Wildman–Crippen MR) is 77.0 cm³/mol. The molecule has 1 N–H and O–H groups in total. The monoisotopic (exact) mass is 323 g/mol.